The lowest BCUT2D eigenvalue weighted by Gasteiger charge is -2.19. The molecule has 1 atom stereocenters. The molecule has 0 spiro atoms. The summed E-state index contributed by atoms with van der Waals surface area (Å²) in [6, 6.07) is 9.62. The molecule has 0 radical (unpaired) electrons. The first-order chi connectivity index (χ1) is 9.97. The van der Waals surface area contributed by atoms with Crippen LogP contribution >= 0.6 is 43.5 Å². The first-order valence-electron chi connectivity index (χ1n) is 6.29. The maximum absolute atomic E-state index is 6.12. The van der Waals surface area contributed by atoms with Gasteiger partial charge in [-0.2, -0.15) is 0 Å². The van der Waals surface area contributed by atoms with Crippen molar-refractivity contribution >= 4 is 43.5 Å². The van der Waals surface area contributed by atoms with Gasteiger partial charge in [0.25, 0.3) is 0 Å². The Bertz CT molecular complexity index is 659. The Hall–Kier alpha value is -0.710. The molecule has 0 aliphatic carbocycles. The van der Waals surface area contributed by atoms with E-state index in [2.05, 4.69) is 31.9 Å². The van der Waals surface area contributed by atoms with Crippen LogP contribution in [0.4, 0.5) is 0 Å². The van der Waals surface area contributed by atoms with Gasteiger partial charge in [0.1, 0.15) is 11.5 Å². The second-order valence-corrected chi connectivity index (χ2v) is 6.80. The predicted molar refractivity (Wildman–Crippen MR) is 94.2 cm³/mol. The molecule has 0 saturated heterocycles. The molecular formula is C16H15Br2ClO2. The topological polar surface area (TPSA) is 18.5 Å². The van der Waals surface area contributed by atoms with Gasteiger partial charge in [-0.25, -0.2) is 0 Å². The zero-order valence-corrected chi connectivity index (χ0v) is 15.8. The number of benzene rings is 2. The lowest BCUT2D eigenvalue weighted by atomic mass is 10.0. The van der Waals surface area contributed by atoms with Crippen LogP contribution in [0.15, 0.2) is 34.8 Å². The van der Waals surface area contributed by atoms with E-state index in [9.17, 15) is 0 Å². The number of alkyl halides is 1. The number of rotatable bonds is 4. The number of ether oxygens (including phenoxy) is 2. The second-order valence-electron chi connectivity index (χ2n) is 4.59. The Kier molecular flexibility index (Phi) is 5.58. The van der Waals surface area contributed by atoms with E-state index in [1.54, 1.807) is 14.2 Å². The minimum Gasteiger partial charge on any atom is -0.496 e. The first-order valence-corrected chi connectivity index (χ1v) is 8.38. The van der Waals surface area contributed by atoms with Gasteiger partial charge in [0, 0.05) is 20.6 Å². The van der Waals surface area contributed by atoms with Crippen molar-refractivity contribution in [2.75, 3.05) is 14.2 Å². The highest BCUT2D eigenvalue weighted by Gasteiger charge is 2.20. The molecule has 0 N–H and O–H groups in total. The van der Waals surface area contributed by atoms with Crippen LogP contribution in [0.1, 0.15) is 21.5 Å². The maximum atomic E-state index is 6.12. The van der Waals surface area contributed by atoms with E-state index in [0.29, 0.717) is 5.02 Å². The molecule has 1 unspecified atom stereocenters. The molecule has 0 heterocycles. The molecule has 5 heteroatoms. The summed E-state index contributed by atoms with van der Waals surface area (Å²) in [5.74, 6) is 1.60. The van der Waals surface area contributed by atoms with Gasteiger partial charge >= 0.3 is 0 Å². The van der Waals surface area contributed by atoms with Crippen molar-refractivity contribution in [2.24, 2.45) is 0 Å². The van der Waals surface area contributed by atoms with E-state index in [-0.39, 0.29) is 4.83 Å². The Balaban J connectivity index is 2.56. The highest BCUT2D eigenvalue weighted by Crippen LogP contribution is 2.43. The van der Waals surface area contributed by atoms with Gasteiger partial charge < -0.3 is 9.47 Å². The predicted octanol–water partition coefficient (Wildman–Crippen LogP) is 5.91. The third kappa shape index (κ3) is 3.55. The third-order valence-corrected chi connectivity index (χ3v) is 5.32. The number of hydrogen-bond acceptors (Lipinski definition) is 2. The molecule has 0 aliphatic heterocycles. The monoisotopic (exact) mass is 432 g/mol. The SMILES string of the molecule is COc1ccc(Cl)cc1C(Br)c1cc(Br)c(C)cc1OC. The summed E-state index contributed by atoms with van der Waals surface area (Å²) in [6.45, 7) is 2.03. The van der Waals surface area contributed by atoms with Crippen LogP contribution in [0, 0.1) is 6.92 Å². The largest absolute Gasteiger partial charge is 0.496 e. The summed E-state index contributed by atoms with van der Waals surface area (Å²) in [4.78, 5) is -0.0852. The Labute approximate surface area is 146 Å². The van der Waals surface area contributed by atoms with E-state index >= 15 is 0 Å². The molecular weight excluding hydrogens is 419 g/mol. The van der Waals surface area contributed by atoms with Gasteiger partial charge in [-0.05, 0) is 42.8 Å². The van der Waals surface area contributed by atoms with Crippen LogP contribution in [-0.2, 0) is 0 Å². The minimum absolute atomic E-state index is 0.0852. The van der Waals surface area contributed by atoms with Crippen molar-refractivity contribution in [3.63, 3.8) is 0 Å². The average Bonchev–Trinajstić information content (AvgIpc) is 2.48. The van der Waals surface area contributed by atoms with E-state index in [0.717, 1.165) is 32.7 Å². The summed E-state index contributed by atoms with van der Waals surface area (Å²) >= 11 is 13.4. The van der Waals surface area contributed by atoms with Crippen LogP contribution in [0.3, 0.4) is 0 Å². The van der Waals surface area contributed by atoms with E-state index < -0.39 is 0 Å². The van der Waals surface area contributed by atoms with Gasteiger partial charge in [0.2, 0.25) is 0 Å². The van der Waals surface area contributed by atoms with E-state index in [1.807, 2.05) is 37.3 Å². The first kappa shape index (κ1) is 16.7. The highest BCUT2D eigenvalue weighted by molar-refractivity contribution is 9.10. The number of methoxy groups -OCH3 is 2. The summed E-state index contributed by atoms with van der Waals surface area (Å²) in [5, 5.41) is 0.667. The van der Waals surface area contributed by atoms with Crippen LogP contribution in [0.5, 0.6) is 11.5 Å². The molecule has 0 aromatic heterocycles. The normalized spacial score (nSPS) is 12.1. The molecule has 2 rings (SSSR count). The molecule has 2 nitrogen and oxygen atoms in total. The molecule has 0 amide bonds. The van der Waals surface area contributed by atoms with Crippen molar-refractivity contribution in [2.45, 2.75) is 11.8 Å². The van der Waals surface area contributed by atoms with Gasteiger partial charge in [-0.1, -0.05) is 43.5 Å². The number of halogens is 3. The van der Waals surface area contributed by atoms with Crippen molar-refractivity contribution in [1.82, 2.24) is 0 Å². The number of hydrogen-bond donors (Lipinski definition) is 0. The minimum atomic E-state index is -0.0852. The summed E-state index contributed by atoms with van der Waals surface area (Å²) in [6.07, 6.45) is 0. The van der Waals surface area contributed by atoms with Crippen LogP contribution in [0.25, 0.3) is 0 Å². The van der Waals surface area contributed by atoms with Gasteiger partial charge in [0.15, 0.2) is 0 Å². The number of aryl methyl sites for hydroxylation is 1. The zero-order chi connectivity index (χ0) is 15.6. The van der Waals surface area contributed by atoms with Crippen LogP contribution in [0.2, 0.25) is 5.02 Å². The van der Waals surface area contributed by atoms with E-state index in [1.165, 1.54) is 0 Å². The molecule has 0 aliphatic rings. The summed E-state index contributed by atoms with van der Waals surface area (Å²) < 4.78 is 12.0. The fourth-order valence-electron chi connectivity index (χ4n) is 2.12. The molecule has 0 fully saturated rings. The van der Waals surface area contributed by atoms with Gasteiger partial charge in [-0.15, -0.1) is 0 Å². The highest BCUT2D eigenvalue weighted by atomic mass is 79.9. The van der Waals surface area contributed by atoms with Crippen molar-refractivity contribution in [3.05, 3.63) is 56.5 Å². The Morgan fingerprint density at radius 3 is 2.24 bits per heavy atom. The fourth-order valence-corrected chi connectivity index (χ4v) is 3.37. The van der Waals surface area contributed by atoms with E-state index in [4.69, 9.17) is 21.1 Å². The van der Waals surface area contributed by atoms with Crippen LogP contribution in [-0.4, -0.2) is 14.2 Å². The van der Waals surface area contributed by atoms with Crippen molar-refractivity contribution in [3.8, 4) is 11.5 Å². The quantitative estimate of drug-likeness (QED) is 0.557. The molecule has 2 aromatic carbocycles. The summed E-state index contributed by atoms with van der Waals surface area (Å²) in [5.41, 5.74) is 3.09. The average molecular weight is 435 g/mol. The zero-order valence-electron chi connectivity index (χ0n) is 11.9. The molecule has 0 saturated carbocycles. The van der Waals surface area contributed by atoms with Gasteiger partial charge in [-0.3, -0.25) is 0 Å². The second kappa shape index (κ2) is 7.03. The lowest BCUT2D eigenvalue weighted by Crippen LogP contribution is -2.01. The van der Waals surface area contributed by atoms with Crippen molar-refractivity contribution < 1.29 is 9.47 Å². The maximum Gasteiger partial charge on any atom is 0.123 e. The summed E-state index contributed by atoms with van der Waals surface area (Å²) in [7, 11) is 3.32. The smallest absolute Gasteiger partial charge is 0.123 e. The molecule has 2 aromatic rings. The standard InChI is InChI=1S/C16H15Br2ClO2/c1-9-6-15(21-3)12(8-13(9)17)16(18)11-7-10(19)4-5-14(11)20-2/h4-8,16H,1-3H3. The third-order valence-electron chi connectivity index (χ3n) is 3.25. The van der Waals surface area contributed by atoms with Gasteiger partial charge in [0.05, 0.1) is 19.0 Å². The van der Waals surface area contributed by atoms with Crippen LogP contribution < -0.4 is 9.47 Å². The molecule has 0 bridgehead atoms. The molecule has 21 heavy (non-hydrogen) atoms. The molecule has 112 valence electrons. The fraction of sp³-hybridized carbons (Fsp3) is 0.250. The Morgan fingerprint density at radius 1 is 1.00 bits per heavy atom. The Morgan fingerprint density at radius 2 is 1.62 bits per heavy atom. The van der Waals surface area contributed by atoms with Crippen molar-refractivity contribution in [1.29, 1.82) is 0 Å². The lowest BCUT2D eigenvalue weighted by molar-refractivity contribution is 0.405.